The van der Waals surface area contributed by atoms with Crippen molar-refractivity contribution < 1.29 is 34.5 Å². The number of carboxylic acid groups (broad SMARTS) is 3. The maximum absolute atomic E-state index is 12.0. The highest BCUT2D eigenvalue weighted by atomic mass is 16.4. The molecule has 0 spiro atoms. The molecule has 1 aromatic carbocycles. The number of amides is 1. The Morgan fingerprint density at radius 2 is 1.93 bits per heavy atom. The summed E-state index contributed by atoms with van der Waals surface area (Å²) >= 11 is 0. The predicted molar refractivity (Wildman–Crippen MR) is 106 cm³/mol. The highest BCUT2D eigenvalue weighted by Gasteiger charge is 2.35. The van der Waals surface area contributed by atoms with Gasteiger partial charge in [-0.2, -0.15) is 0 Å². The van der Waals surface area contributed by atoms with Gasteiger partial charge in [0, 0.05) is 41.3 Å². The van der Waals surface area contributed by atoms with Gasteiger partial charge in [0.15, 0.2) is 0 Å². The highest BCUT2D eigenvalue weighted by Crippen LogP contribution is 2.33. The number of carbonyl (C=O) groups excluding carboxylic acids is 1. The Kier molecular flexibility index (Phi) is 6.36. The second-order valence-electron chi connectivity index (χ2n) is 7.36. The number of aliphatic carboxylic acids is 3. The molecule has 2 unspecified atom stereocenters. The third-order valence-electron chi connectivity index (χ3n) is 5.26. The maximum Gasteiger partial charge on any atom is 0.325 e. The molecule has 1 aliphatic heterocycles. The summed E-state index contributed by atoms with van der Waals surface area (Å²) in [6, 6.07) is 3.96. The molecule has 0 radical (unpaired) electrons. The van der Waals surface area contributed by atoms with Crippen molar-refractivity contribution >= 4 is 40.4 Å². The van der Waals surface area contributed by atoms with E-state index in [0.717, 1.165) is 0 Å². The molecular formula is C20H23N3O7. The Bertz CT molecular complexity index is 984. The number of H-pyrrole nitrogens is 1. The van der Waals surface area contributed by atoms with Gasteiger partial charge < -0.3 is 25.6 Å². The van der Waals surface area contributed by atoms with E-state index in [4.69, 9.17) is 5.11 Å². The van der Waals surface area contributed by atoms with Gasteiger partial charge in [-0.15, -0.1) is 0 Å². The smallest absolute Gasteiger partial charge is 0.325 e. The monoisotopic (exact) mass is 417 g/mol. The van der Waals surface area contributed by atoms with Crippen LogP contribution in [0.1, 0.15) is 37.3 Å². The lowest BCUT2D eigenvalue weighted by Gasteiger charge is -2.34. The van der Waals surface area contributed by atoms with Crippen LogP contribution in [0.3, 0.4) is 0 Å². The number of piperidine rings is 1. The molecule has 1 aromatic heterocycles. The Hall–Kier alpha value is -3.40. The van der Waals surface area contributed by atoms with Crippen LogP contribution in [0.5, 0.6) is 0 Å². The van der Waals surface area contributed by atoms with Crippen LogP contribution >= 0.6 is 0 Å². The van der Waals surface area contributed by atoms with E-state index in [2.05, 4.69) is 10.3 Å². The minimum Gasteiger partial charge on any atom is -0.481 e. The summed E-state index contributed by atoms with van der Waals surface area (Å²) in [5.41, 5.74) is 1.59. The minimum absolute atomic E-state index is 0.149. The molecular weight excluding hydrogens is 394 g/mol. The predicted octanol–water partition coefficient (Wildman–Crippen LogP) is 1.89. The van der Waals surface area contributed by atoms with Crippen LogP contribution in [-0.4, -0.2) is 62.1 Å². The van der Waals surface area contributed by atoms with E-state index < -0.39 is 35.8 Å². The molecule has 30 heavy (non-hydrogen) atoms. The van der Waals surface area contributed by atoms with Gasteiger partial charge in [0.2, 0.25) is 5.91 Å². The second kappa shape index (κ2) is 8.95. The lowest BCUT2D eigenvalue weighted by Crippen LogP contribution is -2.43. The van der Waals surface area contributed by atoms with Gasteiger partial charge in [-0.3, -0.25) is 24.1 Å². The quantitative estimate of drug-likeness (QED) is 0.435. The number of fused-ring (bicyclic) bond motifs is 1. The van der Waals surface area contributed by atoms with E-state index in [1.165, 1.54) is 0 Å². The fraction of sp³-hybridized carbons (Fsp3) is 0.400. The summed E-state index contributed by atoms with van der Waals surface area (Å²) in [6.45, 7) is 0.655. The molecule has 1 fully saturated rings. The summed E-state index contributed by atoms with van der Waals surface area (Å²) in [5, 5.41) is 31.1. The van der Waals surface area contributed by atoms with E-state index in [9.17, 15) is 29.4 Å². The van der Waals surface area contributed by atoms with Crippen molar-refractivity contribution in [2.75, 3.05) is 18.4 Å². The Morgan fingerprint density at radius 1 is 1.17 bits per heavy atom. The van der Waals surface area contributed by atoms with Gasteiger partial charge >= 0.3 is 17.9 Å². The van der Waals surface area contributed by atoms with Crippen LogP contribution in [0.15, 0.2) is 24.4 Å². The van der Waals surface area contributed by atoms with E-state index in [-0.39, 0.29) is 19.4 Å². The molecule has 160 valence electrons. The van der Waals surface area contributed by atoms with Crippen molar-refractivity contribution in [3.05, 3.63) is 30.0 Å². The Labute approximate surface area is 171 Å². The standard InChI is InChI=1S/C20H23N3O7/c24-16(5-6-17(25)26)22-12-3-4-13-14(9-21-15(13)8-12)18(20(29)30)23-7-1-2-11(10-23)19(27)28/h3-4,8-9,11,18,21H,1-2,5-7,10H2,(H,22,24)(H,25,26)(H,27,28)(H,29,30). The van der Waals surface area contributed by atoms with Crippen LogP contribution in [0.2, 0.25) is 0 Å². The van der Waals surface area contributed by atoms with E-state index in [0.29, 0.717) is 41.5 Å². The molecule has 1 saturated heterocycles. The molecule has 3 rings (SSSR count). The average Bonchev–Trinajstić information content (AvgIpc) is 3.09. The SMILES string of the molecule is O=C(O)CCC(=O)Nc1ccc2c(C(C(=O)O)N3CCCC(C(=O)O)C3)c[nH]c2c1. The van der Waals surface area contributed by atoms with E-state index in [1.54, 1.807) is 29.3 Å². The first-order valence-electron chi connectivity index (χ1n) is 9.58. The maximum atomic E-state index is 12.0. The lowest BCUT2D eigenvalue weighted by atomic mass is 9.94. The largest absolute Gasteiger partial charge is 0.481 e. The fourth-order valence-electron chi connectivity index (χ4n) is 3.82. The van der Waals surface area contributed by atoms with Crippen molar-refractivity contribution in [2.45, 2.75) is 31.7 Å². The number of benzene rings is 1. The minimum atomic E-state index is -1.06. The van der Waals surface area contributed by atoms with Crippen molar-refractivity contribution in [3.8, 4) is 0 Å². The number of aromatic amines is 1. The van der Waals surface area contributed by atoms with E-state index >= 15 is 0 Å². The normalized spacial score (nSPS) is 18.1. The van der Waals surface area contributed by atoms with Gasteiger partial charge in [0.1, 0.15) is 6.04 Å². The second-order valence-corrected chi connectivity index (χ2v) is 7.36. The third kappa shape index (κ3) is 4.77. The molecule has 2 atom stereocenters. The molecule has 0 aliphatic carbocycles. The number of likely N-dealkylation sites (tertiary alicyclic amines) is 1. The summed E-state index contributed by atoms with van der Waals surface area (Å²) in [6.07, 6.45) is 2.30. The van der Waals surface area contributed by atoms with Crippen LogP contribution in [-0.2, 0) is 19.2 Å². The van der Waals surface area contributed by atoms with E-state index in [1.807, 2.05) is 0 Å². The number of nitrogens with one attached hydrogen (secondary N) is 2. The molecule has 2 heterocycles. The van der Waals surface area contributed by atoms with Gasteiger partial charge in [-0.25, -0.2) is 0 Å². The van der Waals surface area contributed by atoms with Crippen LogP contribution in [0.4, 0.5) is 5.69 Å². The summed E-state index contributed by atoms with van der Waals surface area (Å²) in [7, 11) is 0. The number of aromatic nitrogens is 1. The number of anilines is 1. The first-order valence-corrected chi connectivity index (χ1v) is 9.58. The number of carbonyl (C=O) groups is 4. The van der Waals surface area contributed by atoms with Crippen LogP contribution in [0, 0.1) is 5.92 Å². The summed E-state index contributed by atoms with van der Waals surface area (Å²) in [5.74, 6) is -4.07. The lowest BCUT2D eigenvalue weighted by molar-refractivity contribution is -0.149. The van der Waals surface area contributed by atoms with Gasteiger partial charge in [0.05, 0.1) is 12.3 Å². The first-order chi connectivity index (χ1) is 14.3. The molecule has 5 N–H and O–H groups in total. The summed E-state index contributed by atoms with van der Waals surface area (Å²) < 4.78 is 0. The summed E-state index contributed by atoms with van der Waals surface area (Å²) in [4.78, 5) is 50.5. The first kappa shape index (κ1) is 21.3. The topological polar surface area (TPSA) is 160 Å². The van der Waals surface area contributed by atoms with Crippen molar-refractivity contribution in [1.29, 1.82) is 0 Å². The van der Waals surface area contributed by atoms with Crippen molar-refractivity contribution in [2.24, 2.45) is 5.92 Å². The molecule has 1 amide bonds. The van der Waals surface area contributed by atoms with Crippen LogP contribution < -0.4 is 5.32 Å². The fourth-order valence-corrected chi connectivity index (χ4v) is 3.82. The number of hydrogen-bond donors (Lipinski definition) is 5. The molecule has 0 saturated carbocycles. The van der Waals surface area contributed by atoms with Gasteiger partial charge in [0.25, 0.3) is 0 Å². The number of nitrogens with zero attached hydrogens (tertiary/aromatic N) is 1. The Morgan fingerprint density at radius 3 is 2.60 bits per heavy atom. The Balaban J connectivity index is 1.82. The average molecular weight is 417 g/mol. The zero-order valence-corrected chi connectivity index (χ0v) is 16.1. The van der Waals surface area contributed by atoms with Crippen molar-refractivity contribution in [1.82, 2.24) is 9.88 Å². The molecule has 10 heteroatoms. The van der Waals surface area contributed by atoms with Crippen LogP contribution in [0.25, 0.3) is 10.9 Å². The van der Waals surface area contributed by atoms with Gasteiger partial charge in [-0.05, 0) is 31.5 Å². The third-order valence-corrected chi connectivity index (χ3v) is 5.26. The molecule has 0 bridgehead atoms. The van der Waals surface area contributed by atoms with Crippen molar-refractivity contribution in [3.63, 3.8) is 0 Å². The molecule has 10 nitrogen and oxygen atoms in total. The highest BCUT2D eigenvalue weighted by molar-refractivity contribution is 5.96. The number of carboxylic acids is 3. The van der Waals surface area contributed by atoms with Gasteiger partial charge in [-0.1, -0.05) is 6.07 Å². The zero-order chi connectivity index (χ0) is 21.8. The number of hydrogen-bond acceptors (Lipinski definition) is 5. The molecule has 2 aromatic rings. The zero-order valence-electron chi connectivity index (χ0n) is 16.1. The number of rotatable bonds is 8. The molecule has 1 aliphatic rings.